The average molecular weight is 358 g/mol. The highest BCUT2D eigenvalue weighted by molar-refractivity contribution is 5.28. The second-order valence-corrected chi connectivity index (χ2v) is 6.43. The number of aliphatic hydroxyl groups is 2. The molecule has 0 fully saturated rings. The van der Waals surface area contributed by atoms with Gasteiger partial charge in [0, 0.05) is 0 Å². The molecule has 4 nitrogen and oxygen atoms in total. The van der Waals surface area contributed by atoms with Gasteiger partial charge in [0.2, 0.25) is 0 Å². The van der Waals surface area contributed by atoms with Gasteiger partial charge in [-0.2, -0.15) is 0 Å². The van der Waals surface area contributed by atoms with Crippen molar-refractivity contribution in [3.05, 3.63) is 59.7 Å². The number of benzene rings is 2. The van der Waals surface area contributed by atoms with Crippen molar-refractivity contribution in [2.75, 3.05) is 13.2 Å². The van der Waals surface area contributed by atoms with E-state index in [0.717, 1.165) is 48.7 Å². The zero-order chi connectivity index (χ0) is 18.5. The van der Waals surface area contributed by atoms with Gasteiger partial charge in [0.05, 0.1) is 26.4 Å². The van der Waals surface area contributed by atoms with Crippen molar-refractivity contribution >= 4 is 0 Å². The van der Waals surface area contributed by atoms with Gasteiger partial charge < -0.3 is 19.7 Å². The topological polar surface area (TPSA) is 58.9 Å². The highest BCUT2D eigenvalue weighted by Crippen LogP contribution is 2.15. The number of unbranched alkanes of at least 4 members (excludes halogenated alkanes) is 5. The van der Waals surface area contributed by atoms with E-state index in [1.807, 2.05) is 48.5 Å². The number of hydrogen-bond donors (Lipinski definition) is 2. The molecular weight excluding hydrogens is 328 g/mol. The third kappa shape index (κ3) is 7.89. The van der Waals surface area contributed by atoms with Crippen molar-refractivity contribution in [2.24, 2.45) is 0 Å². The first-order valence-corrected chi connectivity index (χ1v) is 9.47. The van der Waals surface area contributed by atoms with Gasteiger partial charge in [-0.15, -0.1) is 0 Å². The molecule has 26 heavy (non-hydrogen) atoms. The molecule has 2 aromatic carbocycles. The largest absolute Gasteiger partial charge is 0.494 e. The summed E-state index contributed by atoms with van der Waals surface area (Å²) < 4.78 is 11.4. The maximum atomic E-state index is 9.11. The minimum absolute atomic E-state index is 0.0494. The van der Waals surface area contributed by atoms with Crippen LogP contribution in [0.2, 0.25) is 0 Å². The predicted octanol–water partition coefficient (Wildman–Crippen LogP) is 4.47. The first-order chi connectivity index (χ1) is 12.8. The Bertz CT molecular complexity index is 572. The van der Waals surface area contributed by atoms with E-state index in [1.54, 1.807) is 0 Å². The van der Waals surface area contributed by atoms with Gasteiger partial charge in [-0.25, -0.2) is 0 Å². The van der Waals surface area contributed by atoms with Gasteiger partial charge in [-0.05, 0) is 48.2 Å². The molecule has 0 atom stereocenters. The van der Waals surface area contributed by atoms with E-state index in [2.05, 4.69) is 0 Å². The summed E-state index contributed by atoms with van der Waals surface area (Å²) in [5.41, 5.74) is 1.76. The van der Waals surface area contributed by atoms with Crippen LogP contribution < -0.4 is 9.47 Å². The Labute approximate surface area is 156 Å². The first kappa shape index (κ1) is 20.3. The van der Waals surface area contributed by atoms with Crippen LogP contribution in [-0.4, -0.2) is 23.4 Å². The summed E-state index contributed by atoms with van der Waals surface area (Å²) in [6.45, 7) is 1.54. The van der Waals surface area contributed by atoms with E-state index >= 15 is 0 Å². The molecule has 0 aliphatic carbocycles. The van der Waals surface area contributed by atoms with Crippen LogP contribution in [0.25, 0.3) is 0 Å². The monoisotopic (exact) mass is 358 g/mol. The van der Waals surface area contributed by atoms with E-state index in [-0.39, 0.29) is 13.2 Å². The van der Waals surface area contributed by atoms with Crippen molar-refractivity contribution < 1.29 is 19.7 Å². The average Bonchev–Trinajstić information content (AvgIpc) is 2.69. The zero-order valence-corrected chi connectivity index (χ0v) is 15.4. The molecule has 0 saturated heterocycles. The molecule has 4 heteroatoms. The number of rotatable bonds is 13. The second kappa shape index (κ2) is 12.3. The van der Waals surface area contributed by atoms with Crippen LogP contribution in [-0.2, 0) is 13.2 Å². The fourth-order valence-corrected chi connectivity index (χ4v) is 2.76. The fourth-order valence-electron chi connectivity index (χ4n) is 2.76. The molecule has 2 aromatic rings. The minimum atomic E-state index is 0.0494. The second-order valence-electron chi connectivity index (χ2n) is 6.43. The summed E-state index contributed by atoms with van der Waals surface area (Å²) in [6, 6.07) is 15.2. The van der Waals surface area contributed by atoms with Gasteiger partial charge in [0.15, 0.2) is 0 Å². The fraction of sp³-hybridized carbons (Fsp3) is 0.455. The maximum absolute atomic E-state index is 9.11. The molecule has 142 valence electrons. The van der Waals surface area contributed by atoms with Crippen LogP contribution in [0.5, 0.6) is 11.5 Å². The first-order valence-electron chi connectivity index (χ1n) is 9.47. The van der Waals surface area contributed by atoms with Gasteiger partial charge in [0.1, 0.15) is 11.5 Å². The maximum Gasteiger partial charge on any atom is 0.119 e. The standard InChI is InChI=1S/C22H30O4/c23-17-19-9-7-11-21(15-19)25-13-5-3-1-2-4-6-14-26-22-12-8-10-20(16-22)18-24/h7-12,15-16,23-24H,1-6,13-14,17-18H2. The summed E-state index contributed by atoms with van der Waals surface area (Å²) in [5, 5.41) is 18.2. The van der Waals surface area contributed by atoms with Crippen LogP contribution in [0.15, 0.2) is 48.5 Å². The smallest absolute Gasteiger partial charge is 0.119 e. The molecule has 0 aliphatic rings. The molecule has 2 rings (SSSR count). The van der Waals surface area contributed by atoms with E-state index in [4.69, 9.17) is 19.7 Å². The van der Waals surface area contributed by atoms with Crippen LogP contribution >= 0.6 is 0 Å². The Balaban J connectivity index is 1.44. The summed E-state index contributed by atoms with van der Waals surface area (Å²) >= 11 is 0. The number of ether oxygens (including phenoxy) is 2. The van der Waals surface area contributed by atoms with Crippen LogP contribution in [0.1, 0.15) is 49.7 Å². The lowest BCUT2D eigenvalue weighted by Crippen LogP contribution is -1.99. The SMILES string of the molecule is OCc1cccc(OCCCCCCCCOc2cccc(CO)c2)c1. The normalized spacial score (nSPS) is 10.7. The summed E-state index contributed by atoms with van der Waals surface area (Å²) in [6.07, 6.45) is 6.85. The quantitative estimate of drug-likeness (QED) is 0.519. The molecule has 0 bridgehead atoms. The molecule has 0 spiro atoms. The Morgan fingerprint density at radius 1 is 0.577 bits per heavy atom. The highest BCUT2D eigenvalue weighted by Gasteiger charge is 1.98. The summed E-state index contributed by atoms with van der Waals surface area (Å²) in [7, 11) is 0. The predicted molar refractivity (Wildman–Crippen MR) is 103 cm³/mol. The Kier molecular flexibility index (Phi) is 9.62. The molecule has 0 saturated carbocycles. The number of aliphatic hydroxyl groups excluding tert-OH is 2. The highest BCUT2D eigenvalue weighted by atomic mass is 16.5. The van der Waals surface area contributed by atoms with Crippen molar-refractivity contribution in [1.82, 2.24) is 0 Å². The molecule has 0 aliphatic heterocycles. The molecule has 0 amide bonds. The Hall–Kier alpha value is -2.04. The van der Waals surface area contributed by atoms with Gasteiger partial charge in [-0.1, -0.05) is 49.9 Å². The lowest BCUT2D eigenvalue weighted by atomic mass is 10.1. The number of hydrogen-bond acceptors (Lipinski definition) is 4. The van der Waals surface area contributed by atoms with Crippen LogP contribution in [0.4, 0.5) is 0 Å². The Morgan fingerprint density at radius 2 is 1.00 bits per heavy atom. The van der Waals surface area contributed by atoms with E-state index in [9.17, 15) is 0 Å². The molecule has 0 unspecified atom stereocenters. The van der Waals surface area contributed by atoms with E-state index in [0.29, 0.717) is 0 Å². The van der Waals surface area contributed by atoms with Gasteiger partial charge in [-0.3, -0.25) is 0 Å². The third-order valence-electron chi connectivity index (χ3n) is 4.24. The van der Waals surface area contributed by atoms with Gasteiger partial charge in [0.25, 0.3) is 0 Å². The molecule has 0 aromatic heterocycles. The summed E-state index contributed by atoms with van der Waals surface area (Å²) in [5.74, 6) is 1.66. The molecule has 0 heterocycles. The molecular formula is C22H30O4. The minimum Gasteiger partial charge on any atom is -0.494 e. The van der Waals surface area contributed by atoms with Gasteiger partial charge >= 0.3 is 0 Å². The van der Waals surface area contributed by atoms with Crippen molar-refractivity contribution in [1.29, 1.82) is 0 Å². The van der Waals surface area contributed by atoms with Crippen LogP contribution in [0.3, 0.4) is 0 Å². The van der Waals surface area contributed by atoms with E-state index in [1.165, 1.54) is 25.7 Å². The summed E-state index contributed by atoms with van der Waals surface area (Å²) in [4.78, 5) is 0. The van der Waals surface area contributed by atoms with E-state index < -0.39 is 0 Å². The third-order valence-corrected chi connectivity index (χ3v) is 4.24. The van der Waals surface area contributed by atoms with Crippen molar-refractivity contribution in [3.8, 4) is 11.5 Å². The lowest BCUT2D eigenvalue weighted by molar-refractivity contribution is 0.277. The molecule has 2 N–H and O–H groups in total. The zero-order valence-electron chi connectivity index (χ0n) is 15.4. The van der Waals surface area contributed by atoms with Crippen molar-refractivity contribution in [2.45, 2.75) is 51.7 Å². The Morgan fingerprint density at radius 3 is 1.42 bits per heavy atom. The van der Waals surface area contributed by atoms with Crippen LogP contribution in [0, 0.1) is 0 Å². The van der Waals surface area contributed by atoms with Crippen molar-refractivity contribution in [3.63, 3.8) is 0 Å². The lowest BCUT2D eigenvalue weighted by Gasteiger charge is -2.08. The molecule has 0 radical (unpaired) electrons.